The van der Waals surface area contributed by atoms with E-state index in [9.17, 15) is 4.79 Å². The molecule has 0 saturated heterocycles. The lowest BCUT2D eigenvalue weighted by Gasteiger charge is -2.12. The summed E-state index contributed by atoms with van der Waals surface area (Å²) in [6.45, 7) is 3.33. The van der Waals surface area contributed by atoms with Gasteiger partial charge in [-0.1, -0.05) is 42.0 Å². The molecule has 7 heteroatoms. The molecule has 2 aromatic carbocycles. The van der Waals surface area contributed by atoms with Crippen molar-refractivity contribution in [2.75, 3.05) is 20.7 Å². The third-order valence-electron chi connectivity index (χ3n) is 3.87. The molecule has 0 bridgehead atoms. The van der Waals surface area contributed by atoms with Crippen LogP contribution >= 0.6 is 24.0 Å². The fraction of sp³-hybridized carbons (Fsp3) is 0.300. The van der Waals surface area contributed by atoms with Crippen molar-refractivity contribution < 1.29 is 9.53 Å². The molecule has 6 nitrogen and oxygen atoms in total. The van der Waals surface area contributed by atoms with Crippen LogP contribution in [-0.4, -0.2) is 32.6 Å². The van der Waals surface area contributed by atoms with E-state index >= 15 is 0 Å². The zero-order chi connectivity index (χ0) is 18.8. The van der Waals surface area contributed by atoms with E-state index in [0.717, 1.165) is 16.9 Å². The molecule has 0 radical (unpaired) electrons. The molecule has 2 aromatic rings. The average molecular weight is 482 g/mol. The van der Waals surface area contributed by atoms with Crippen LogP contribution < -0.4 is 20.7 Å². The van der Waals surface area contributed by atoms with Gasteiger partial charge in [0.2, 0.25) is 5.91 Å². The Morgan fingerprint density at radius 1 is 0.926 bits per heavy atom. The second-order valence-corrected chi connectivity index (χ2v) is 5.89. The Hall–Kier alpha value is -2.29. The number of amides is 1. The van der Waals surface area contributed by atoms with E-state index in [2.05, 4.69) is 52.1 Å². The summed E-state index contributed by atoms with van der Waals surface area (Å²) >= 11 is 0. The fourth-order valence-electron chi connectivity index (χ4n) is 2.28. The second kappa shape index (κ2) is 12.2. The molecule has 0 aromatic heterocycles. The summed E-state index contributed by atoms with van der Waals surface area (Å²) in [6.07, 6.45) is 0. The maximum Gasteiger partial charge on any atom is 0.239 e. The molecule has 1 amide bonds. The lowest BCUT2D eigenvalue weighted by molar-refractivity contribution is -0.120. The number of carbonyl (C=O) groups is 1. The Labute approximate surface area is 177 Å². The van der Waals surface area contributed by atoms with Gasteiger partial charge in [0.15, 0.2) is 5.96 Å². The van der Waals surface area contributed by atoms with Gasteiger partial charge < -0.3 is 20.7 Å². The second-order valence-electron chi connectivity index (χ2n) is 5.89. The van der Waals surface area contributed by atoms with Crippen molar-refractivity contribution in [3.63, 3.8) is 0 Å². The highest BCUT2D eigenvalue weighted by Crippen LogP contribution is 2.10. The van der Waals surface area contributed by atoms with Gasteiger partial charge in [0.05, 0.1) is 13.7 Å². The molecule has 0 unspecified atom stereocenters. The highest BCUT2D eigenvalue weighted by atomic mass is 127. The monoisotopic (exact) mass is 482 g/mol. The van der Waals surface area contributed by atoms with Crippen molar-refractivity contribution in [1.82, 2.24) is 16.0 Å². The van der Waals surface area contributed by atoms with Gasteiger partial charge in [0, 0.05) is 20.1 Å². The van der Waals surface area contributed by atoms with E-state index in [1.165, 1.54) is 5.56 Å². The van der Waals surface area contributed by atoms with Gasteiger partial charge >= 0.3 is 0 Å². The number of aliphatic imine (C=N–C) groups is 1. The summed E-state index contributed by atoms with van der Waals surface area (Å²) in [6, 6.07) is 15.9. The average Bonchev–Trinajstić information content (AvgIpc) is 2.68. The third-order valence-corrected chi connectivity index (χ3v) is 3.87. The molecule has 0 aliphatic heterocycles. The predicted octanol–water partition coefficient (Wildman–Crippen LogP) is 2.60. The van der Waals surface area contributed by atoms with Crippen molar-refractivity contribution in [2.45, 2.75) is 20.0 Å². The third kappa shape index (κ3) is 8.29. The van der Waals surface area contributed by atoms with Crippen LogP contribution in [0.25, 0.3) is 0 Å². The molecule has 0 aliphatic rings. The summed E-state index contributed by atoms with van der Waals surface area (Å²) in [5.74, 6) is 1.29. The van der Waals surface area contributed by atoms with Gasteiger partial charge in [-0.2, -0.15) is 0 Å². The Morgan fingerprint density at radius 3 is 2.04 bits per heavy atom. The van der Waals surface area contributed by atoms with Crippen LogP contribution in [0, 0.1) is 6.92 Å². The van der Waals surface area contributed by atoms with Crippen molar-refractivity contribution in [3.8, 4) is 5.75 Å². The number of hydrogen-bond donors (Lipinski definition) is 3. The molecule has 0 heterocycles. The largest absolute Gasteiger partial charge is 0.497 e. The van der Waals surface area contributed by atoms with Crippen LogP contribution in [-0.2, 0) is 17.9 Å². The molecular weight excluding hydrogens is 455 g/mol. The zero-order valence-corrected chi connectivity index (χ0v) is 18.2. The lowest BCUT2D eigenvalue weighted by Crippen LogP contribution is -2.42. The number of hydrogen-bond acceptors (Lipinski definition) is 3. The highest BCUT2D eigenvalue weighted by molar-refractivity contribution is 14.0. The number of guanidine groups is 1. The number of rotatable bonds is 7. The molecule has 0 aliphatic carbocycles. The number of benzene rings is 2. The fourth-order valence-corrected chi connectivity index (χ4v) is 2.28. The van der Waals surface area contributed by atoms with Crippen LogP contribution in [0.1, 0.15) is 16.7 Å². The van der Waals surface area contributed by atoms with Crippen molar-refractivity contribution in [3.05, 3.63) is 65.2 Å². The number of nitrogens with zero attached hydrogens (tertiary/aromatic N) is 1. The summed E-state index contributed by atoms with van der Waals surface area (Å²) in [5.41, 5.74) is 3.40. The first-order valence-corrected chi connectivity index (χ1v) is 8.50. The number of nitrogens with one attached hydrogen (secondary N) is 3. The maximum absolute atomic E-state index is 12.0. The first kappa shape index (κ1) is 22.8. The minimum Gasteiger partial charge on any atom is -0.497 e. The SMILES string of the molecule is CN=C(NCC(=O)NCc1ccc(OC)cc1)NCc1ccc(C)cc1.I. The number of carbonyl (C=O) groups excluding carboxylic acids is 1. The summed E-state index contributed by atoms with van der Waals surface area (Å²) in [5, 5.41) is 9.08. The van der Waals surface area contributed by atoms with E-state index in [1.54, 1.807) is 14.2 Å². The first-order chi connectivity index (χ1) is 12.6. The highest BCUT2D eigenvalue weighted by Gasteiger charge is 2.04. The summed E-state index contributed by atoms with van der Waals surface area (Å²) in [4.78, 5) is 16.1. The van der Waals surface area contributed by atoms with Crippen LogP contribution in [0.2, 0.25) is 0 Å². The van der Waals surface area contributed by atoms with Gasteiger partial charge in [-0.3, -0.25) is 9.79 Å². The number of aryl methyl sites for hydroxylation is 1. The van der Waals surface area contributed by atoms with E-state index in [1.807, 2.05) is 24.3 Å². The normalized spacial score (nSPS) is 10.6. The number of halogens is 1. The van der Waals surface area contributed by atoms with E-state index in [0.29, 0.717) is 19.0 Å². The van der Waals surface area contributed by atoms with Gasteiger partial charge in [-0.05, 0) is 30.2 Å². The molecule has 2 rings (SSSR count). The summed E-state index contributed by atoms with van der Waals surface area (Å²) in [7, 11) is 3.31. The molecule has 3 N–H and O–H groups in total. The predicted molar refractivity (Wildman–Crippen MR) is 120 cm³/mol. The maximum atomic E-state index is 12.0. The quantitative estimate of drug-likeness (QED) is 0.322. The zero-order valence-electron chi connectivity index (χ0n) is 15.9. The van der Waals surface area contributed by atoms with Gasteiger partial charge in [-0.25, -0.2) is 0 Å². The van der Waals surface area contributed by atoms with Gasteiger partial charge in [-0.15, -0.1) is 24.0 Å². The Balaban J connectivity index is 0.00000364. The number of methoxy groups -OCH3 is 1. The van der Waals surface area contributed by atoms with Crippen LogP contribution in [0.4, 0.5) is 0 Å². The number of ether oxygens (including phenoxy) is 1. The molecule has 0 fully saturated rings. The molecule has 0 atom stereocenters. The smallest absolute Gasteiger partial charge is 0.239 e. The Kier molecular flexibility index (Phi) is 10.2. The molecule has 0 saturated carbocycles. The Morgan fingerprint density at radius 2 is 1.48 bits per heavy atom. The first-order valence-electron chi connectivity index (χ1n) is 8.50. The van der Waals surface area contributed by atoms with E-state index in [-0.39, 0.29) is 36.4 Å². The standard InChI is InChI=1S/C20H26N4O2.HI/c1-15-4-6-16(7-5-15)13-23-20(21-2)24-14-19(25)22-12-17-8-10-18(26-3)11-9-17;/h4-11H,12-14H2,1-3H3,(H,22,25)(H2,21,23,24);1H. The molecule has 27 heavy (non-hydrogen) atoms. The molecule has 146 valence electrons. The summed E-state index contributed by atoms with van der Waals surface area (Å²) < 4.78 is 5.12. The Bertz CT molecular complexity index is 731. The molecular formula is C20H27IN4O2. The van der Waals surface area contributed by atoms with Crippen molar-refractivity contribution in [2.24, 2.45) is 4.99 Å². The topological polar surface area (TPSA) is 74.8 Å². The van der Waals surface area contributed by atoms with Gasteiger partial charge in [0.25, 0.3) is 0 Å². The minimum absolute atomic E-state index is 0. The minimum atomic E-state index is -0.0981. The van der Waals surface area contributed by atoms with Crippen molar-refractivity contribution in [1.29, 1.82) is 0 Å². The van der Waals surface area contributed by atoms with Gasteiger partial charge in [0.1, 0.15) is 5.75 Å². The van der Waals surface area contributed by atoms with Crippen LogP contribution in [0.3, 0.4) is 0 Å². The van der Waals surface area contributed by atoms with Crippen LogP contribution in [0.15, 0.2) is 53.5 Å². The lowest BCUT2D eigenvalue weighted by atomic mass is 10.1. The molecule has 0 spiro atoms. The van der Waals surface area contributed by atoms with E-state index in [4.69, 9.17) is 4.74 Å². The van der Waals surface area contributed by atoms with Crippen molar-refractivity contribution >= 4 is 35.8 Å². The van der Waals surface area contributed by atoms with Crippen LogP contribution in [0.5, 0.6) is 5.75 Å². The van der Waals surface area contributed by atoms with E-state index < -0.39 is 0 Å².